The number of aliphatic hydroxyl groups is 1. The van der Waals surface area contributed by atoms with Gasteiger partial charge in [-0.25, -0.2) is 4.79 Å². The van der Waals surface area contributed by atoms with Crippen molar-refractivity contribution >= 4 is 5.97 Å². The van der Waals surface area contributed by atoms with Gasteiger partial charge in [0, 0.05) is 12.4 Å². The van der Waals surface area contributed by atoms with Gasteiger partial charge in [0.05, 0.1) is 12.2 Å². The molecule has 0 saturated heterocycles. The van der Waals surface area contributed by atoms with Crippen LogP contribution < -0.4 is 0 Å². The van der Waals surface area contributed by atoms with Crippen molar-refractivity contribution in [2.24, 2.45) is 0 Å². The average Bonchev–Trinajstić information content (AvgIpc) is 2.15. The summed E-state index contributed by atoms with van der Waals surface area (Å²) < 4.78 is 4.66. The zero-order valence-electron chi connectivity index (χ0n) is 6.43. The van der Waals surface area contributed by atoms with Crippen LogP contribution in [0.4, 0.5) is 0 Å². The monoisotopic (exact) mass is 167 g/mol. The zero-order valence-corrected chi connectivity index (χ0v) is 6.43. The van der Waals surface area contributed by atoms with Crippen LogP contribution in [0.15, 0.2) is 24.5 Å². The smallest absolute Gasteiger partial charge is 0.338 e. The van der Waals surface area contributed by atoms with E-state index in [9.17, 15) is 4.79 Å². The van der Waals surface area contributed by atoms with E-state index in [1.165, 1.54) is 12.4 Å². The molecule has 0 aromatic carbocycles. The number of aliphatic hydroxyl groups excluding tert-OH is 1. The van der Waals surface area contributed by atoms with Crippen LogP contribution in [-0.4, -0.2) is 29.3 Å². The van der Waals surface area contributed by atoms with Gasteiger partial charge in [0.1, 0.15) is 6.61 Å². The standard InChI is InChI=1S/C8H9NO3/c10-5-6-12-8(11)7-1-3-9-4-2-7/h1-4,10H,5-6H2. The van der Waals surface area contributed by atoms with Gasteiger partial charge in [-0.1, -0.05) is 0 Å². The van der Waals surface area contributed by atoms with E-state index in [1.54, 1.807) is 12.1 Å². The highest BCUT2D eigenvalue weighted by molar-refractivity contribution is 5.89. The van der Waals surface area contributed by atoms with E-state index in [1.807, 2.05) is 0 Å². The summed E-state index contributed by atoms with van der Waals surface area (Å²) in [6.07, 6.45) is 3.02. The summed E-state index contributed by atoms with van der Waals surface area (Å²) in [5, 5.41) is 8.37. The number of hydrogen-bond donors (Lipinski definition) is 1. The van der Waals surface area contributed by atoms with Crippen LogP contribution in [0.5, 0.6) is 0 Å². The highest BCUT2D eigenvalue weighted by atomic mass is 16.5. The first-order valence-electron chi connectivity index (χ1n) is 3.52. The molecule has 0 amide bonds. The van der Waals surface area contributed by atoms with E-state index < -0.39 is 5.97 Å². The van der Waals surface area contributed by atoms with Gasteiger partial charge < -0.3 is 9.84 Å². The molecule has 1 rings (SSSR count). The summed E-state index contributed by atoms with van der Waals surface area (Å²) in [4.78, 5) is 14.8. The summed E-state index contributed by atoms with van der Waals surface area (Å²) in [6, 6.07) is 3.11. The minimum absolute atomic E-state index is 0.0289. The lowest BCUT2D eigenvalue weighted by Gasteiger charge is -2.00. The van der Waals surface area contributed by atoms with Crippen molar-refractivity contribution in [2.75, 3.05) is 13.2 Å². The number of carbonyl (C=O) groups excluding carboxylic acids is 1. The molecule has 4 nitrogen and oxygen atoms in total. The maximum absolute atomic E-state index is 11.0. The summed E-state index contributed by atoms with van der Waals surface area (Å²) in [6.45, 7) is -0.127. The number of carbonyl (C=O) groups is 1. The normalized spacial score (nSPS) is 9.42. The van der Waals surface area contributed by atoms with Crippen LogP contribution >= 0.6 is 0 Å². The van der Waals surface area contributed by atoms with Crippen LogP contribution in [0.25, 0.3) is 0 Å². The van der Waals surface area contributed by atoms with E-state index in [2.05, 4.69) is 9.72 Å². The van der Waals surface area contributed by atoms with Crippen LogP contribution in [0, 0.1) is 0 Å². The van der Waals surface area contributed by atoms with Gasteiger partial charge in [-0.15, -0.1) is 0 Å². The molecule has 0 aliphatic heterocycles. The molecule has 64 valence electrons. The topological polar surface area (TPSA) is 59.4 Å². The lowest BCUT2D eigenvalue weighted by molar-refractivity contribution is 0.0433. The van der Waals surface area contributed by atoms with Crippen LogP contribution in [0.3, 0.4) is 0 Å². The predicted octanol–water partition coefficient (Wildman–Crippen LogP) is 0.231. The second-order valence-electron chi connectivity index (χ2n) is 2.10. The average molecular weight is 167 g/mol. The maximum atomic E-state index is 11.0. The lowest BCUT2D eigenvalue weighted by Crippen LogP contribution is -2.08. The second-order valence-corrected chi connectivity index (χ2v) is 2.10. The maximum Gasteiger partial charge on any atom is 0.338 e. The Morgan fingerprint density at radius 2 is 2.17 bits per heavy atom. The van der Waals surface area contributed by atoms with Gasteiger partial charge in [-0.3, -0.25) is 4.98 Å². The van der Waals surface area contributed by atoms with Crippen molar-refractivity contribution in [3.63, 3.8) is 0 Å². The molecule has 4 heteroatoms. The van der Waals surface area contributed by atoms with Crippen LogP contribution in [0.1, 0.15) is 10.4 Å². The Hall–Kier alpha value is -1.42. The molecule has 0 radical (unpaired) electrons. The molecule has 0 atom stereocenters. The third-order valence-corrected chi connectivity index (χ3v) is 1.24. The minimum atomic E-state index is -0.438. The third kappa shape index (κ3) is 2.32. The highest BCUT2D eigenvalue weighted by Gasteiger charge is 2.04. The number of ether oxygens (including phenoxy) is 1. The minimum Gasteiger partial charge on any atom is -0.460 e. The number of nitrogens with zero attached hydrogens (tertiary/aromatic N) is 1. The first kappa shape index (κ1) is 8.67. The van der Waals surface area contributed by atoms with Crippen molar-refractivity contribution in [3.8, 4) is 0 Å². The second kappa shape index (κ2) is 4.46. The zero-order chi connectivity index (χ0) is 8.81. The molecule has 1 aromatic rings. The molecule has 1 aromatic heterocycles. The van der Waals surface area contributed by atoms with E-state index >= 15 is 0 Å². The Balaban J connectivity index is 2.54. The Labute approximate surface area is 69.8 Å². The molecule has 0 bridgehead atoms. The number of aromatic nitrogens is 1. The number of pyridine rings is 1. The number of esters is 1. The largest absolute Gasteiger partial charge is 0.460 e. The van der Waals surface area contributed by atoms with Crippen molar-refractivity contribution in [1.82, 2.24) is 4.98 Å². The molecule has 1 heterocycles. The van der Waals surface area contributed by atoms with E-state index in [0.717, 1.165) is 0 Å². The molecule has 0 fully saturated rings. The molecule has 0 saturated carbocycles. The third-order valence-electron chi connectivity index (χ3n) is 1.24. The summed E-state index contributed by atoms with van der Waals surface area (Å²) in [5.74, 6) is -0.438. The molecule has 0 spiro atoms. The molecule has 12 heavy (non-hydrogen) atoms. The number of hydrogen-bond acceptors (Lipinski definition) is 4. The van der Waals surface area contributed by atoms with Crippen molar-refractivity contribution < 1.29 is 14.6 Å². The lowest BCUT2D eigenvalue weighted by atomic mass is 10.3. The van der Waals surface area contributed by atoms with Gasteiger partial charge in [0.15, 0.2) is 0 Å². The first-order chi connectivity index (χ1) is 5.84. The van der Waals surface area contributed by atoms with Gasteiger partial charge in [-0.2, -0.15) is 0 Å². The molecule has 0 aliphatic carbocycles. The fraction of sp³-hybridized carbons (Fsp3) is 0.250. The first-order valence-corrected chi connectivity index (χ1v) is 3.52. The van der Waals surface area contributed by atoms with E-state index in [4.69, 9.17) is 5.11 Å². The SMILES string of the molecule is O=C(OCCO)c1ccncc1. The summed E-state index contributed by atoms with van der Waals surface area (Å²) in [7, 11) is 0. The quantitative estimate of drug-likeness (QED) is 0.655. The van der Waals surface area contributed by atoms with Gasteiger partial charge in [0.25, 0.3) is 0 Å². The Bertz CT molecular complexity index is 248. The molecular weight excluding hydrogens is 158 g/mol. The van der Waals surface area contributed by atoms with Gasteiger partial charge in [0.2, 0.25) is 0 Å². The van der Waals surface area contributed by atoms with Gasteiger partial charge in [-0.05, 0) is 12.1 Å². The van der Waals surface area contributed by atoms with Crippen LogP contribution in [0.2, 0.25) is 0 Å². The Morgan fingerprint density at radius 3 is 2.75 bits per heavy atom. The van der Waals surface area contributed by atoms with E-state index in [0.29, 0.717) is 5.56 Å². The van der Waals surface area contributed by atoms with Gasteiger partial charge >= 0.3 is 5.97 Å². The fourth-order valence-electron chi connectivity index (χ4n) is 0.710. The molecule has 0 aliphatic rings. The molecule has 0 unspecified atom stereocenters. The van der Waals surface area contributed by atoms with Crippen molar-refractivity contribution in [3.05, 3.63) is 30.1 Å². The van der Waals surface area contributed by atoms with Crippen molar-refractivity contribution in [2.45, 2.75) is 0 Å². The molecular formula is C8H9NO3. The summed E-state index contributed by atoms with van der Waals surface area (Å²) >= 11 is 0. The Kier molecular flexibility index (Phi) is 3.22. The highest BCUT2D eigenvalue weighted by Crippen LogP contribution is 1.98. The van der Waals surface area contributed by atoms with Crippen molar-refractivity contribution in [1.29, 1.82) is 0 Å². The molecule has 1 N–H and O–H groups in total. The Morgan fingerprint density at radius 1 is 1.50 bits per heavy atom. The van der Waals surface area contributed by atoms with E-state index in [-0.39, 0.29) is 13.2 Å². The van der Waals surface area contributed by atoms with Crippen LogP contribution in [-0.2, 0) is 4.74 Å². The fourth-order valence-corrected chi connectivity index (χ4v) is 0.710. The summed E-state index contributed by atoms with van der Waals surface area (Å²) in [5.41, 5.74) is 0.443. The predicted molar refractivity (Wildman–Crippen MR) is 41.6 cm³/mol. The number of rotatable bonds is 3.